The van der Waals surface area contributed by atoms with Gasteiger partial charge in [-0.25, -0.2) is 0 Å². The normalized spacial score (nSPS) is 23.6. The van der Waals surface area contributed by atoms with Gasteiger partial charge in [0.1, 0.15) is 0 Å². The number of hydrogen-bond acceptors (Lipinski definition) is 4. The van der Waals surface area contributed by atoms with E-state index in [1.165, 1.54) is 12.1 Å². The molecule has 0 amide bonds. The molecule has 1 unspecified atom stereocenters. The summed E-state index contributed by atoms with van der Waals surface area (Å²) < 4.78 is 5.65. The van der Waals surface area contributed by atoms with Gasteiger partial charge in [-0.2, -0.15) is 0 Å². The van der Waals surface area contributed by atoms with Gasteiger partial charge in [0.05, 0.1) is 10.5 Å². The van der Waals surface area contributed by atoms with Gasteiger partial charge in [-0.15, -0.1) is 0 Å². The molecule has 1 aromatic carbocycles. The van der Waals surface area contributed by atoms with Gasteiger partial charge in [-0.1, -0.05) is 0 Å². The standard InChI is InChI=1S/C12H16N2O3/c1-12(7-2-8-17-12)9-13-10-3-5-11(6-4-10)14(15)16/h3-6,13H,2,7-9H2,1H3. The molecule has 1 N–H and O–H groups in total. The van der Waals surface area contributed by atoms with Gasteiger partial charge < -0.3 is 10.1 Å². The number of nitro groups is 1. The van der Waals surface area contributed by atoms with Gasteiger partial charge in [0.25, 0.3) is 5.69 Å². The second-order valence-electron chi connectivity index (χ2n) is 4.56. The Bertz CT molecular complexity index is 397. The van der Waals surface area contributed by atoms with Crippen molar-refractivity contribution in [2.75, 3.05) is 18.5 Å². The van der Waals surface area contributed by atoms with Gasteiger partial charge in [-0.3, -0.25) is 10.1 Å². The summed E-state index contributed by atoms with van der Waals surface area (Å²) in [5.74, 6) is 0. The van der Waals surface area contributed by atoms with E-state index < -0.39 is 4.92 Å². The maximum Gasteiger partial charge on any atom is 0.269 e. The predicted molar refractivity (Wildman–Crippen MR) is 65.2 cm³/mol. The van der Waals surface area contributed by atoms with Crippen molar-refractivity contribution in [2.24, 2.45) is 0 Å². The zero-order valence-corrected chi connectivity index (χ0v) is 9.81. The highest BCUT2D eigenvalue weighted by Gasteiger charge is 2.29. The molecule has 0 bridgehead atoms. The molecule has 5 nitrogen and oxygen atoms in total. The SMILES string of the molecule is CC1(CNc2ccc([N+](=O)[O-])cc2)CCCO1. The molecule has 1 saturated heterocycles. The molecule has 1 aromatic rings. The molecule has 0 aromatic heterocycles. The third-order valence-corrected chi connectivity index (χ3v) is 3.05. The Labute approximate surface area is 99.9 Å². The second kappa shape index (κ2) is 4.71. The van der Waals surface area contributed by atoms with Crippen LogP contribution in [0.4, 0.5) is 11.4 Å². The fourth-order valence-corrected chi connectivity index (χ4v) is 1.97. The first-order chi connectivity index (χ1) is 8.09. The van der Waals surface area contributed by atoms with E-state index >= 15 is 0 Å². The Balaban J connectivity index is 1.93. The van der Waals surface area contributed by atoms with E-state index in [1.807, 2.05) is 0 Å². The van der Waals surface area contributed by atoms with Gasteiger partial charge in [0, 0.05) is 31.0 Å². The van der Waals surface area contributed by atoms with Gasteiger partial charge in [-0.05, 0) is 31.9 Å². The van der Waals surface area contributed by atoms with Crippen LogP contribution in [0.15, 0.2) is 24.3 Å². The first-order valence-corrected chi connectivity index (χ1v) is 5.71. The van der Waals surface area contributed by atoms with E-state index in [0.29, 0.717) is 0 Å². The van der Waals surface area contributed by atoms with E-state index in [2.05, 4.69) is 12.2 Å². The number of anilines is 1. The zero-order chi connectivity index (χ0) is 12.3. The van der Waals surface area contributed by atoms with E-state index in [9.17, 15) is 10.1 Å². The first-order valence-electron chi connectivity index (χ1n) is 5.71. The van der Waals surface area contributed by atoms with Crippen LogP contribution in [-0.4, -0.2) is 23.7 Å². The maximum atomic E-state index is 10.5. The number of nitrogens with one attached hydrogen (secondary N) is 1. The van der Waals surface area contributed by atoms with Crippen molar-refractivity contribution < 1.29 is 9.66 Å². The lowest BCUT2D eigenvalue weighted by molar-refractivity contribution is -0.384. The number of nitro benzene ring substituents is 1. The molecule has 1 fully saturated rings. The minimum atomic E-state index is -0.398. The van der Waals surface area contributed by atoms with Crippen LogP contribution in [0.2, 0.25) is 0 Å². The third kappa shape index (κ3) is 2.94. The molecule has 0 radical (unpaired) electrons. The van der Waals surface area contributed by atoms with Gasteiger partial charge >= 0.3 is 0 Å². The summed E-state index contributed by atoms with van der Waals surface area (Å²) in [6, 6.07) is 6.44. The third-order valence-electron chi connectivity index (χ3n) is 3.05. The fourth-order valence-electron chi connectivity index (χ4n) is 1.97. The summed E-state index contributed by atoms with van der Waals surface area (Å²) in [5.41, 5.74) is 0.883. The van der Waals surface area contributed by atoms with Gasteiger partial charge in [0.15, 0.2) is 0 Å². The number of non-ortho nitro benzene ring substituents is 1. The highest BCUT2D eigenvalue weighted by molar-refractivity contribution is 5.48. The first kappa shape index (κ1) is 11.9. The second-order valence-corrected chi connectivity index (χ2v) is 4.56. The highest BCUT2D eigenvalue weighted by Crippen LogP contribution is 2.25. The summed E-state index contributed by atoms with van der Waals surface area (Å²) in [6.45, 7) is 3.63. The lowest BCUT2D eigenvalue weighted by Crippen LogP contribution is -2.32. The van der Waals surface area contributed by atoms with E-state index in [0.717, 1.165) is 31.7 Å². The zero-order valence-electron chi connectivity index (χ0n) is 9.81. The molecular weight excluding hydrogens is 220 g/mol. The van der Waals surface area contributed by atoms with Crippen LogP contribution in [0, 0.1) is 10.1 Å². The van der Waals surface area contributed by atoms with Crippen molar-refractivity contribution >= 4 is 11.4 Å². The van der Waals surface area contributed by atoms with Crippen LogP contribution in [0.5, 0.6) is 0 Å². The smallest absolute Gasteiger partial charge is 0.269 e. The van der Waals surface area contributed by atoms with Crippen molar-refractivity contribution in [3.05, 3.63) is 34.4 Å². The van der Waals surface area contributed by atoms with Crippen LogP contribution in [0.3, 0.4) is 0 Å². The molecule has 0 saturated carbocycles. The van der Waals surface area contributed by atoms with E-state index in [4.69, 9.17) is 4.74 Å². The summed E-state index contributed by atoms with van der Waals surface area (Å²) in [4.78, 5) is 10.1. The van der Waals surface area contributed by atoms with Crippen LogP contribution in [-0.2, 0) is 4.74 Å². The lowest BCUT2D eigenvalue weighted by Gasteiger charge is -2.23. The summed E-state index contributed by atoms with van der Waals surface area (Å²) in [6.07, 6.45) is 2.14. The molecule has 0 spiro atoms. The summed E-state index contributed by atoms with van der Waals surface area (Å²) in [5, 5.41) is 13.7. The Hall–Kier alpha value is -1.62. The quantitative estimate of drug-likeness (QED) is 0.644. The van der Waals surface area contributed by atoms with E-state index in [1.54, 1.807) is 12.1 Å². The molecule has 5 heteroatoms. The number of nitrogens with zero attached hydrogens (tertiary/aromatic N) is 1. The van der Waals surface area contributed by atoms with Crippen molar-refractivity contribution in [2.45, 2.75) is 25.4 Å². The van der Waals surface area contributed by atoms with Crippen molar-refractivity contribution in [3.8, 4) is 0 Å². The molecule has 2 rings (SSSR count). The molecule has 92 valence electrons. The predicted octanol–water partition coefficient (Wildman–Crippen LogP) is 2.58. The van der Waals surface area contributed by atoms with Crippen molar-refractivity contribution in [1.29, 1.82) is 0 Å². The lowest BCUT2D eigenvalue weighted by atomic mass is 10.0. The van der Waals surface area contributed by atoms with Crippen LogP contribution in [0.25, 0.3) is 0 Å². The molecule has 1 heterocycles. The topological polar surface area (TPSA) is 64.4 Å². The molecule has 1 aliphatic rings. The molecule has 1 atom stereocenters. The molecule has 0 aliphatic carbocycles. The number of ether oxygens (including phenoxy) is 1. The Morgan fingerprint density at radius 2 is 2.18 bits per heavy atom. The molecule has 1 aliphatic heterocycles. The minimum absolute atomic E-state index is 0.109. The van der Waals surface area contributed by atoms with Crippen molar-refractivity contribution in [3.63, 3.8) is 0 Å². The Morgan fingerprint density at radius 1 is 1.47 bits per heavy atom. The number of rotatable bonds is 4. The fraction of sp³-hybridized carbons (Fsp3) is 0.500. The average molecular weight is 236 g/mol. The summed E-state index contributed by atoms with van der Waals surface area (Å²) in [7, 11) is 0. The van der Waals surface area contributed by atoms with Crippen LogP contribution in [0.1, 0.15) is 19.8 Å². The highest BCUT2D eigenvalue weighted by atomic mass is 16.6. The largest absolute Gasteiger partial charge is 0.382 e. The van der Waals surface area contributed by atoms with Crippen LogP contribution >= 0.6 is 0 Å². The number of benzene rings is 1. The van der Waals surface area contributed by atoms with Crippen molar-refractivity contribution in [1.82, 2.24) is 0 Å². The average Bonchev–Trinajstić information content (AvgIpc) is 2.75. The van der Waals surface area contributed by atoms with Gasteiger partial charge in [0.2, 0.25) is 0 Å². The van der Waals surface area contributed by atoms with E-state index in [-0.39, 0.29) is 11.3 Å². The minimum Gasteiger partial charge on any atom is -0.382 e. The Morgan fingerprint density at radius 3 is 2.71 bits per heavy atom. The maximum absolute atomic E-state index is 10.5. The molecular formula is C12H16N2O3. The number of hydrogen-bond donors (Lipinski definition) is 1. The monoisotopic (exact) mass is 236 g/mol. The summed E-state index contributed by atoms with van der Waals surface area (Å²) >= 11 is 0. The molecule has 17 heavy (non-hydrogen) atoms. The van der Waals surface area contributed by atoms with Crippen LogP contribution < -0.4 is 5.32 Å². The Kier molecular flexibility index (Phi) is 3.28.